The van der Waals surface area contributed by atoms with Crippen molar-refractivity contribution in [2.45, 2.75) is 44.6 Å². The van der Waals surface area contributed by atoms with E-state index in [0.29, 0.717) is 23.0 Å². The van der Waals surface area contributed by atoms with Crippen LogP contribution in [0.25, 0.3) is 5.69 Å². The molecule has 3 aromatic carbocycles. The maximum absolute atomic E-state index is 13.5. The second-order valence-corrected chi connectivity index (χ2v) is 10.9. The number of nitrogens with zero attached hydrogens (tertiary/aromatic N) is 2. The summed E-state index contributed by atoms with van der Waals surface area (Å²) in [5.41, 5.74) is 7.92. The number of rotatable bonds is 6. The van der Waals surface area contributed by atoms with Crippen molar-refractivity contribution >= 4 is 5.91 Å². The molecule has 7 rings (SSSR count). The van der Waals surface area contributed by atoms with Crippen LogP contribution >= 0.6 is 0 Å². The van der Waals surface area contributed by atoms with Gasteiger partial charge in [0.2, 0.25) is 6.79 Å². The molecule has 1 N–H and O–H groups in total. The van der Waals surface area contributed by atoms with Gasteiger partial charge >= 0.3 is 0 Å². The van der Waals surface area contributed by atoms with E-state index in [2.05, 4.69) is 24.4 Å². The molecule has 1 aromatic heterocycles. The highest BCUT2D eigenvalue weighted by Crippen LogP contribution is 2.49. The van der Waals surface area contributed by atoms with Crippen LogP contribution < -0.4 is 14.8 Å². The molecule has 0 bridgehead atoms. The molecule has 7 heteroatoms. The summed E-state index contributed by atoms with van der Waals surface area (Å²) in [7, 11) is 0. The Hall–Kier alpha value is -4.39. The number of carbonyl (C=O) groups is 1. The van der Waals surface area contributed by atoms with E-state index in [-0.39, 0.29) is 30.5 Å². The van der Waals surface area contributed by atoms with E-state index >= 15 is 0 Å². The quantitative estimate of drug-likeness (QED) is 0.280. The lowest BCUT2D eigenvalue weighted by Gasteiger charge is -2.30. The van der Waals surface area contributed by atoms with Crippen molar-refractivity contribution in [1.82, 2.24) is 15.1 Å². The Balaban J connectivity index is 1.15. The molecule has 3 aliphatic rings. The number of nitrogens with one attached hydrogen (secondary N) is 1. The summed E-state index contributed by atoms with van der Waals surface area (Å²) in [5.74, 6) is 1.48. The first-order chi connectivity index (χ1) is 19.5. The molecule has 1 unspecified atom stereocenters. The van der Waals surface area contributed by atoms with Crippen molar-refractivity contribution in [1.29, 1.82) is 0 Å². The lowest BCUT2D eigenvalue weighted by Crippen LogP contribution is -2.30. The molecule has 3 atom stereocenters. The number of amides is 1. The first-order valence-electron chi connectivity index (χ1n) is 13.8. The van der Waals surface area contributed by atoms with Gasteiger partial charge in [0.1, 0.15) is 5.82 Å². The molecule has 0 saturated carbocycles. The fourth-order valence-electron chi connectivity index (χ4n) is 6.66. The van der Waals surface area contributed by atoms with Crippen LogP contribution in [0.2, 0.25) is 0 Å². The number of halogens is 1. The number of allylic oxidation sites excluding steroid dienone is 2. The average Bonchev–Trinajstić information content (AvgIpc) is 3.72. The van der Waals surface area contributed by atoms with E-state index in [1.165, 1.54) is 34.5 Å². The molecule has 0 radical (unpaired) electrons. The Labute approximate surface area is 232 Å². The van der Waals surface area contributed by atoms with Gasteiger partial charge in [0.15, 0.2) is 11.5 Å². The minimum atomic E-state index is -0.250. The molecular formula is C33H30FN3O3. The monoisotopic (exact) mass is 535 g/mol. The third-order valence-electron chi connectivity index (χ3n) is 8.59. The number of carbonyl (C=O) groups excluding carboxylic acids is 1. The summed E-state index contributed by atoms with van der Waals surface area (Å²) >= 11 is 0. The smallest absolute Gasteiger partial charge is 0.251 e. The van der Waals surface area contributed by atoms with Crippen molar-refractivity contribution in [3.05, 3.63) is 118 Å². The lowest BCUT2D eigenvalue weighted by molar-refractivity contribution is 0.0931. The number of hydrogen-bond donors (Lipinski definition) is 1. The van der Waals surface area contributed by atoms with Gasteiger partial charge in [0.25, 0.3) is 5.91 Å². The molecule has 2 heterocycles. The summed E-state index contributed by atoms with van der Waals surface area (Å²) in [6.07, 6.45) is 5.74. The van der Waals surface area contributed by atoms with Crippen molar-refractivity contribution < 1.29 is 18.7 Å². The molecule has 1 amide bonds. The summed E-state index contributed by atoms with van der Waals surface area (Å²) in [6.45, 7) is 2.44. The summed E-state index contributed by atoms with van der Waals surface area (Å²) in [4.78, 5) is 13.4. The predicted molar refractivity (Wildman–Crippen MR) is 149 cm³/mol. The molecule has 0 saturated heterocycles. The number of hydrogen-bond acceptors (Lipinski definition) is 4. The normalized spacial score (nSPS) is 19.8. The Morgan fingerprint density at radius 1 is 1.07 bits per heavy atom. The Morgan fingerprint density at radius 2 is 1.88 bits per heavy atom. The van der Waals surface area contributed by atoms with Gasteiger partial charge < -0.3 is 14.8 Å². The Bertz CT molecular complexity index is 1610. The molecule has 0 spiro atoms. The number of aromatic nitrogens is 2. The predicted octanol–water partition coefficient (Wildman–Crippen LogP) is 6.67. The third-order valence-corrected chi connectivity index (χ3v) is 8.59. The first-order valence-corrected chi connectivity index (χ1v) is 13.8. The number of ether oxygens (including phenoxy) is 2. The standard InChI is InChI=1S/C33H30FN3O3/c1-20-27-18-35-37(26-12-10-25(34)11-13-26)29(27)16-23-8-7-22(32(20)23)15-28(21-5-3-2-4-6-21)36-33(38)24-9-14-30-31(17-24)40-19-39-30/h2-6,9-14,17-18,20,22,28H,7-8,15-16,19H2,1H3,(H,36,38)/t20-,22+,28?/m0/s1. The number of fused-ring (bicyclic) bond motifs is 2. The van der Waals surface area contributed by atoms with Crippen molar-refractivity contribution in [2.24, 2.45) is 5.92 Å². The highest BCUT2D eigenvalue weighted by Gasteiger charge is 2.37. The molecule has 202 valence electrons. The summed E-state index contributed by atoms with van der Waals surface area (Å²) in [6, 6.07) is 21.9. The van der Waals surface area contributed by atoms with Crippen LogP contribution in [0.4, 0.5) is 4.39 Å². The zero-order valence-corrected chi connectivity index (χ0v) is 22.3. The van der Waals surface area contributed by atoms with E-state index < -0.39 is 0 Å². The lowest BCUT2D eigenvalue weighted by atomic mass is 9.77. The number of benzene rings is 3. The topological polar surface area (TPSA) is 65.4 Å². The van der Waals surface area contributed by atoms with Crippen LogP contribution in [-0.2, 0) is 6.42 Å². The average molecular weight is 536 g/mol. The Morgan fingerprint density at radius 3 is 2.70 bits per heavy atom. The summed E-state index contributed by atoms with van der Waals surface area (Å²) < 4.78 is 26.4. The van der Waals surface area contributed by atoms with Crippen molar-refractivity contribution in [2.75, 3.05) is 6.79 Å². The van der Waals surface area contributed by atoms with Gasteiger partial charge in [-0.2, -0.15) is 5.10 Å². The van der Waals surface area contributed by atoms with Gasteiger partial charge in [-0.3, -0.25) is 4.79 Å². The second kappa shape index (κ2) is 9.97. The van der Waals surface area contributed by atoms with Gasteiger partial charge in [-0.15, -0.1) is 0 Å². The van der Waals surface area contributed by atoms with Crippen LogP contribution in [0.15, 0.2) is 90.1 Å². The first kappa shape index (κ1) is 24.6. The van der Waals surface area contributed by atoms with E-state index in [0.717, 1.165) is 36.9 Å². The molecule has 4 aromatic rings. The zero-order chi connectivity index (χ0) is 27.2. The highest BCUT2D eigenvalue weighted by molar-refractivity contribution is 5.95. The van der Waals surface area contributed by atoms with Crippen LogP contribution in [0.3, 0.4) is 0 Å². The summed E-state index contributed by atoms with van der Waals surface area (Å²) in [5, 5.41) is 8.02. The second-order valence-electron chi connectivity index (χ2n) is 10.9. The molecule has 0 fully saturated rings. The third kappa shape index (κ3) is 4.35. The van der Waals surface area contributed by atoms with Gasteiger partial charge in [-0.25, -0.2) is 9.07 Å². The molecule has 2 aliphatic carbocycles. The highest BCUT2D eigenvalue weighted by atomic mass is 19.1. The maximum Gasteiger partial charge on any atom is 0.251 e. The fourth-order valence-corrected chi connectivity index (χ4v) is 6.66. The minimum absolute atomic E-state index is 0.126. The van der Waals surface area contributed by atoms with Crippen LogP contribution in [-0.4, -0.2) is 22.5 Å². The van der Waals surface area contributed by atoms with E-state index in [1.54, 1.807) is 30.3 Å². The SMILES string of the molecule is C[C@@H]1C2=C(CC[C@@H]2CC(NC(=O)c2ccc3c(c2)OCO3)c2ccccc2)Cc2c1cnn2-c1ccc(F)cc1. The largest absolute Gasteiger partial charge is 0.454 e. The van der Waals surface area contributed by atoms with E-state index in [9.17, 15) is 9.18 Å². The van der Waals surface area contributed by atoms with Gasteiger partial charge in [-0.1, -0.05) is 48.4 Å². The minimum Gasteiger partial charge on any atom is -0.454 e. The van der Waals surface area contributed by atoms with Crippen molar-refractivity contribution in [3.8, 4) is 17.2 Å². The van der Waals surface area contributed by atoms with Gasteiger partial charge in [0.05, 0.1) is 23.6 Å². The molecule has 40 heavy (non-hydrogen) atoms. The van der Waals surface area contributed by atoms with Crippen LogP contribution in [0, 0.1) is 11.7 Å². The Kier molecular flexibility index (Phi) is 6.14. The van der Waals surface area contributed by atoms with Crippen molar-refractivity contribution in [3.63, 3.8) is 0 Å². The van der Waals surface area contributed by atoms with Crippen LogP contribution in [0.5, 0.6) is 11.5 Å². The fraction of sp³-hybridized carbons (Fsp3) is 0.273. The molecule has 1 aliphatic heterocycles. The van der Waals surface area contributed by atoms with Crippen LogP contribution in [0.1, 0.15) is 65.3 Å². The zero-order valence-electron chi connectivity index (χ0n) is 22.3. The van der Waals surface area contributed by atoms with Gasteiger partial charge in [-0.05, 0) is 73.2 Å². The molecule has 6 nitrogen and oxygen atoms in total. The maximum atomic E-state index is 13.5. The van der Waals surface area contributed by atoms with E-state index in [1.807, 2.05) is 29.1 Å². The molecular weight excluding hydrogens is 505 g/mol. The van der Waals surface area contributed by atoms with E-state index in [4.69, 9.17) is 14.6 Å². The van der Waals surface area contributed by atoms with Gasteiger partial charge in [0, 0.05) is 23.5 Å².